The number of nitrogens with zero attached hydrogens (tertiary/aromatic N) is 1. The van der Waals surface area contributed by atoms with Gasteiger partial charge in [-0.3, -0.25) is 10.1 Å². The number of ether oxygens (including phenoxy) is 2. The smallest absolute Gasteiger partial charge is 0.269 e. The van der Waals surface area contributed by atoms with Gasteiger partial charge in [0.05, 0.1) is 12.0 Å². The molecule has 0 atom stereocenters. The van der Waals surface area contributed by atoms with Gasteiger partial charge in [-0.2, -0.15) is 0 Å². The number of hydrogen-bond acceptors (Lipinski definition) is 5. The second kappa shape index (κ2) is 10.7. The number of unbranched alkanes of at least 4 members (excludes halogenated alkanes) is 2. The van der Waals surface area contributed by atoms with Gasteiger partial charge < -0.3 is 14.8 Å². The van der Waals surface area contributed by atoms with Crippen molar-refractivity contribution >= 4 is 17.3 Å². The van der Waals surface area contributed by atoms with Crippen molar-refractivity contribution < 1.29 is 14.4 Å². The number of nitro groups is 1. The Labute approximate surface area is 164 Å². The van der Waals surface area contributed by atoms with Gasteiger partial charge in [-0.1, -0.05) is 31.4 Å². The first-order chi connectivity index (χ1) is 13.0. The minimum Gasteiger partial charge on any atom is -0.493 e. The van der Waals surface area contributed by atoms with Gasteiger partial charge in [-0.25, -0.2) is 0 Å². The molecular weight excluding hydrogens is 368 g/mol. The Morgan fingerprint density at radius 3 is 2.52 bits per heavy atom. The van der Waals surface area contributed by atoms with Gasteiger partial charge in [-0.15, -0.1) is 0 Å². The minimum atomic E-state index is -0.428. The van der Waals surface area contributed by atoms with Crippen molar-refractivity contribution in [2.24, 2.45) is 0 Å². The maximum absolute atomic E-state index is 10.7. The molecule has 2 aromatic carbocycles. The van der Waals surface area contributed by atoms with Crippen molar-refractivity contribution in [3.8, 4) is 11.5 Å². The van der Waals surface area contributed by atoms with Crippen LogP contribution in [-0.2, 0) is 13.2 Å². The highest BCUT2D eigenvalue weighted by molar-refractivity contribution is 6.31. The van der Waals surface area contributed by atoms with Crippen molar-refractivity contribution in [2.75, 3.05) is 13.7 Å². The lowest BCUT2D eigenvalue weighted by molar-refractivity contribution is -0.384. The van der Waals surface area contributed by atoms with E-state index in [0.717, 1.165) is 24.1 Å². The average molecular weight is 393 g/mol. The number of nitrogens with one attached hydrogen (secondary N) is 1. The summed E-state index contributed by atoms with van der Waals surface area (Å²) in [5.74, 6) is 1.14. The molecular formula is C20H25ClN2O4. The number of hydrogen-bond donors (Lipinski definition) is 1. The number of halogens is 1. The quantitative estimate of drug-likeness (QED) is 0.326. The van der Waals surface area contributed by atoms with E-state index in [1.54, 1.807) is 25.3 Å². The van der Waals surface area contributed by atoms with Gasteiger partial charge in [-0.05, 0) is 42.3 Å². The second-order valence-corrected chi connectivity index (χ2v) is 6.60. The summed E-state index contributed by atoms with van der Waals surface area (Å²) in [5.41, 5.74) is 1.82. The summed E-state index contributed by atoms with van der Waals surface area (Å²) in [6.07, 6.45) is 3.54. The van der Waals surface area contributed by atoms with E-state index in [0.29, 0.717) is 23.1 Å². The molecule has 27 heavy (non-hydrogen) atoms. The molecule has 0 aliphatic heterocycles. The number of non-ortho nitro benzene ring substituents is 1. The summed E-state index contributed by atoms with van der Waals surface area (Å²) in [5, 5.41) is 14.7. The van der Waals surface area contributed by atoms with Crippen molar-refractivity contribution in [2.45, 2.75) is 39.3 Å². The molecule has 0 heterocycles. The molecule has 2 rings (SSSR count). The minimum absolute atomic E-state index is 0.0511. The summed E-state index contributed by atoms with van der Waals surface area (Å²) < 4.78 is 11.2. The Morgan fingerprint density at radius 1 is 1.15 bits per heavy atom. The lowest BCUT2D eigenvalue weighted by atomic mass is 10.2. The highest BCUT2D eigenvalue weighted by atomic mass is 35.5. The fourth-order valence-corrected chi connectivity index (χ4v) is 2.80. The van der Waals surface area contributed by atoms with Gasteiger partial charge in [0.15, 0.2) is 11.5 Å². The Kier molecular flexibility index (Phi) is 8.36. The fourth-order valence-electron chi connectivity index (χ4n) is 2.58. The van der Waals surface area contributed by atoms with Crippen LogP contribution < -0.4 is 14.8 Å². The summed E-state index contributed by atoms with van der Waals surface area (Å²) in [6.45, 7) is 4.06. The normalized spacial score (nSPS) is 10.6. The second-order valence-electron chi connectivity index (χ2n) is 6.19. The van der Waals surface area contributed by atoms with E-state index >= 15 is 0 Å². The maximum Gasteiger partial charge on any atom is 0.269 e. The molecule has 0 spiro atoms. The van der Waals surface area contributed by atoms with Crippen LogP contribution in [0.1, 0.15) is 37.3 Å². The van der Waals surface area contributed by atoms with Crippen molar-refractivity contribution in [3.63, 3.8) is 0 Å². The molecule has 0 radical (unpaired) electrons. The van der Waals surface area contributed by atoms with Crippen LogP contribution in [0.25, 0.3) is 0 Å². The highest BCUT2D eigenvalue weighted by Crippen LogP contribution is 2.34. The van der Waals surface area contributed by atoms with Gasteiger partial charge in [0.25, 0.3) is 5.69 Å². The lowest BCUT2D eigenvalue weighted by Gasteiger charge is -2.14. The third kappa shape index (κ3) is 6.41. The molecule has 0 fully saturated rings. The lowest BCUT2D eigenvalue weighted by Crippen LogP contribution is -2.15. The highest BCUT2D eigenvalue weighted by Gasteiger charge is 2.11. The fraction of sp³-hybridized carbons (Fsp3) is 0.400. The van der Waals surface area contributed by atoms with Gasteiger partial charge in [0, 0.05) is 29.8 Å². The molecule has 0 aliphatic rings. The van der Waals surface area contributed by atoms with Crippen LogP contribution in [0.2, 0.25) is 5.02 Å². The molecule has 0 saturated heterocycles. The largest absolute Gasteiger partial charge is 0.493 e. The Morgan fingerprint density at radius 2 is 1.89 bits per heavy atom. The zero-order valence-corrected chi connectivity index (χ0v) is 16.4. The first kappa shape index (κ1) is 21.0. The van der Waals surface area contributed by atoms with Crippen molar-refractivity contribution in [1.29, 1.82) is 0 Å². The summed E-state index contributed by atoms with van der Waals surface area (Å²) in [7, 11) is 1.58. The van der Waals surface area contributed by atoms with Crippen LogP contribution in [0.5, 0.6) is 11.5 Å². The number of benzene rings is 2. The van der Waals surface area contributed by atoms with E-state index in [2.05, 4.69) is 12.2 Å². The van der Waals surface area contributed by atoms with Gasteiger partial charge >= 0.3 is 0 Å². The molecule has 0 bridgehead atoms. The van der Waals surface area contributed by atoms with E-state index in [1.165, 1.54) is 25.0 Å². The van der Waals surface area contributed by atoms with Crippen LogP contribution in [-0.4, -0.2) is 18.6 Å². The van der Waals surface area contributed by atoms with E-state index in [4.69, 9.17) is 21.1 Å². The molecule has 0 aliphatic carbocycles. The van der Waals surface area contributed by atoms with E-state index in [-0.39, 0.29) is 12.3 Å². The molecule has 146 valence electrons. The molecule has 6 nitrogen and oxygen atoms in total. The molecule has 7 heteroatoms. The Hall–Kier alpha value is -2.31. The monoisotopic (exact) mass is 392 g/mol. The van der Waals surface area contributed by atoms with E-state index in [9.17, 15) is 10.1 Å². The maximum atomic E-state index is 10.7. The first-order valence-corrected chi connectivity index (χ1v) is 9.36. The van der Waals surface area contributed by atoms with Crippen LogP contribution in [0.3, 0.4) is 0 Å². The molecule has 2 aromatic rings. The SMILES string of the molecule is CCCCCNCc1cc(OC)c(OCc2ccc([N+](=O)[O-])cc2)cc1Cl. The predicted octanol–water partition coefficient (Wildman–Crippen LogP) is 5.12. The van der Waals surface area contributed by atoms with Crippen molar-refractivity contribution in [1.82, 2.24) is 5.32 Å². The topological polar surface area (TPSA) is 73.6 Å². The van der Waals surface area contributed by atoms with Crippen LogP contribution in [0.15, 0.2) is 36.4 Å². The van der Waals surface area contributed by atoms with E-state index in [1.807, 2.05) is 6.07 Å². The molecule has 0 saturated carbocycles. The standard InChI is InChI=1S/C20H25ClN2O4/c1-3-4-5-10-22-13-16-11-19(26-2)20(12-18(16)21)27-14-15-6-8-17(9-7-15)23(24)25/h6-9,11-12,22H,3-5,10,13-14H2,1-2H3. The summed E-state index contributed by atoms with van der Waals surface area (Å²) in [4.78, 5) is 10.3. The van der Waals surface area contributed by atoms with Crippen LogP contribution in [0.4, 0.5) is 5.69 Å². The molecule has 0 aromatic heterocycles. The Balaban J connectivity index is 1.99. The molecule has 1 N–H and O–H groups in total. The van der Waals surface area contributed by atoms with Crippen molar-refractivity contribution in [3.05, 3.63) is 62.7 Å². The number of methoxy groups -OCH3 is 1. The van der Waals surface area contributed by atoms with Crippen LogP contribution in [0, 0.1) is 10.1 Å². The third-order valence-electron chi connectivity index (χ3n) is 4.15. The molecule has 0 amide bonds. The van der Waals surface area contributed by atoms with Gasteiger partial charge in [0.1, 0.15) is 6.61 Å². The third-order valence-corrected chi connectivity index (χ3v) is 4.50. The summed E-state index contributed by atoms with van der Waals surface area (Å²) in [6, 6.07) is 9.86. The molecule has 0 unspecified atom stereocenters. The zero-order chi connectivity index (χ0) is 19.6. The number of nitro benzene ring substituents is 1. The first-order valence-electron chi connectivity index (χ1n) is 8.98. The number of rotatable bonds is 11. The van der Waals surface area contributed by atoms with Gasteiger partial charge in [0.2, 0.25) is 0 Å². The average Bonchev–Trinajstić information content (AvgIpc) is 2.67. The van der Waals surface area contributed by atoms with E-state index < -0.39 is 4.92 Å². The van der Waals surface area contributed by atoms with Crippen LogP contribution >= 0.6 is 11.6 Å². The Bertz CT molecular complexity index is 750. The predicted molar refractivity (Wildman–Crippen MR) is 107 cm³/mol. The zero-order valence-electron chi connectivity index (χ0n) is 15.7. The summed E-state index contributed by atoms with van der Waals surface area (Å²) >= 11 is 6.39.